The molecule has 1 saturated heterocycles. The quantitative estimate of drug-likeness (QED) is 0.303. The first-order valence-electron chi connectivity index (χ1n) is 13.1. The van der Waals surface area contributed by atoms with Gasteiger partial charge >= 0.3 is 0 Å². The van der Waals surface area contributed by atoms with E-state index in [9.17, 15) is 14.7 Å². The lowest BCUT2D eigenvalue weighted by atomic mass is 10.0. The summed E-state index contributed by atoms with van der Waals surface area (Å²) in [6.45, 7) is 2.95. The minimum atomic E-state index is -0.791. The van der Waals surface area contributed by atoms with Gasteiger partial charge in [-0.15, -0.1) is 0 Å². The number of halogens is 1. The number of ether oxygens (including phenoxy) is 1. The third kappa shape index (κ3) is 5.83. The summed E-state index contributed by atoms with van der Waals surface area (Å²) in [5.41, 5.74) is 2.93. The number of fused-ring (bicyclic) bond motifs is 1. The Morgan fingerprint density at radius 1 is 1.20 bits per heavy atom. The van der Waals surface area contributed by atoms with Crippen molar-refractivity contribution in [3.05, 3.63) is 58.5 Å². The van der Waals surface area contributed by atoms with Gasteiger partial charge in [-0.25, -0.2) is 19.9 Å². The number of anilines is 2. The number of rotatable bonds is 9. The highest BCUT2D eigenvalue weighted by Gasteiger charge is 2.35. The van der Waals surface area contributed by atoms with Crippen LogP contribution in [0, 0.1) is 0 Å². The van der Waals surface area contributed by atoms with Gasteiger partial charge < -0.3 is 30.7 Å². The Bertz CT molecular complexity index is 1400. The number of hydrogen-bond donors (Lipinski definition) is 4. The summed E-state index contributed by atoms with van der Waals surface area (Å²) < 4.78 is 5.41. The maximum absolute atomic E-state index is 13.4. The minimum Gasteiger partial charge on any atom is -0.394 e. The van der Waals surface area contributed by atoms with E-state index in [2.05, 4.69) is 35.9 Å². The highest BCUT2D eigenvalue weighted by Crippen LogP contribution is 2.32. The zero-order valence-corrected chi connectivity index (χ0v) is 23.0. The van der Waals surface area contributed by atoms with Crippen LogP contribution in [0.2, 0.25) is 5.02 Å². The van der Waals surface area contributed by atoms with Crippen molar-refractivity contribution in [2.24, 2.45) is 0 Å². The fourth-order valence-electron chi connectivity index (χ4n) is 4.78. The molecule has 0 bridgehead atoms. The molecule has 0 unspecified atom stereocenters. The van der Waals surface area contributed by atoms with Gasteiger partial charge in [-0.05, 0) is 37.5 Å². The van der Waals surface area contributed by atoms with Gasteiger partial charge in [0.15, 0.2) is 0 Å². The summed E-state index contributed by atoms with van der Waals surface area (Å²) in [5, 5.41) is 19.2. The third-order valence-corrected chi connectivity index (χ3v) is 7.39. The summed E-state index contributed by atoms with van der Waals surface area (Å²) in [6, 6.07) is 5.77. The van der Waals surface area contributed by atoms with Gasteiger partial charge in [0, 0.05) is 50.2 Å². The van der Waals surface area contributed by atoms with Gasteiger partial charge in [-0.2, -0.15) is 0 Å². The molecule has 5 rings (SSSR count). The number of nitrogens with one attached hydrogen (secondary N) is 3. The first kappa shape index (κ1) is 27.7. The first-order valence-corrected chi connectivity index (χ1v) is 13.5. The Hall–Kier alpha value is -3.87. The van der Waals surface area contributed by atoms with Crippen LogP contribution in [-0.2, 0) is 16.1 Å². The zero-order valence-electron chi connectivity index (χ0n) is 22.2. The number of carbonyl (C=O) groups excluding carboxylic acids is 2. The Morgan fingerprint density at radius 2 is 2.00 bits per heavy atom. The van der Waals surface area contributed by atoms with Crippen molar-refractivity contribution in [3.8, 4) is 11.3 Å². The molecule has 3 aromatic rings. The smallest absolute Gasteiger partial charge is 0.255 e. The molecule has 2 aromatic heterocycles. The van der Waals surface area contributed by atoms with Crippen LogP contribution in [0.25, 0.3) is 11.3 Å². The monoisotopic (exact) mass is 566 g/mol. The number of carbonyl (C=O) groups is 2. The Morgan fingerprint density at radius 3 is 2.75 bits per heavy atom. The Kier molecular flexibility index (Phi) is 8.38. The molecule has 0 radical (unpaired) electrons. The number of nitrogens with zero attached hydrogens (tertiary/aromatic N) is 5. The number of benzene rings is 1. The summed E-state index contributed by atoms with van der Waals surface area (Å²) in [6.07, 6.45) is 4.82. The fraction of sp³-hybridized carbons (Fsp3) is 0.407. The van der Waals surface area contributed by atoms with Crippen LogP contribution in [0.1, 0.15) is 47.4 Å². The highest BCUT2D eigenvalue weighted by molar-refractivity contribution is 6.33. The van der Waals surface area contributed by atoms with Crippen LogP contribution in [-0.4, -0.2) is 80.7 Å². The molecule has 210 valence electrons. The van der Waals surface area contributed by atoms with E-state index in [0.717, 1.165) is 18.4 Å². The SMILES string of the molecule is CNc1nccc([C@@H](CO)NC(=O)[C@@H](C)N2Cc3ccc(-c4nc(NC5CCOCC5)ncc4Cl)cc3C2=O)n1. The Labute approximate surface area is 236 Å². The van der Waals surface area contributed by atoms with E-state index in [1.165, 1.54) is 4.90 Å². The second-order valence-electron chi connectivity index (χ2n) is 9.70. The zero-order chi connectivity index (χ0) is 28.2. The summed E-state index contributed by atoms with van der Waals surface area (Å²) in [5.74, 6) is 0.154. The molecule has 4 N–H and O–H groups in total. The lowest BCUT2D eigenvalue weighted by molar-refractivity contribution is -0.126. The van der Waals surface area contributed by atoms with Crippen LogP contribution in [0.4, 0.5) is 11.9 Å². The van der Waals surface area contributed by atoms with Crippen molar-refractivity contribution < 1.29 is 19.4 Å². The lowest BCUT2D eigenvalue weighted by Crippen LogP contribution is -2.47. The number of amides is 2. The van der Waals surface area contributed by atoms with Crippen molar-refractivity contribution in [1.29, 1.82) is 0 Å². The molecule has 2 amide bonds. The summed E-state index contributed by atoms with van der Waals surface area (Å²) >= 11 is 6.46. The lowest BCUT2D eigenvalue weighted by Gasteiger charge is -2.25. The number of aliphatic hydroxyl groups is 1. The van der Waals surface area contributed by atoms with Crippen molar-refractivity contribution in [3.63, 3.8) is 0 Å². The molecule has 2 aliphatic heterocycles. The van der Waals surface area contributed by atoms with Gasteiger partial charge in [0.1, 0.15) is 6.04 Å². The largest absolute Gasteiger partial charge is 0.394 e. The van der Waals surface area contributed by atoms with E-state index in [1.54, 1.807) is 38.5 Å². The van der Waals surface area contributed by atoms with Crippen LogP contribution in [0.5, 0.6) is 0 Å². The van der Waals surface area contributed by atoms with E-state index in [4.69, 9.17) is 16.3 Å². The fourth-order valence-corrected chi connectivity index (χ4v) is 4.98. The molecule has 12 nitrogen and oxygen atoms in total. The third-order valence-electron chi connectivity index (χ3n) is 7.12. The number of aromatic nitrogens is 4. The van der Waals surface area contributed by atoms with Gasteiger partial charge in [0.05, 0.1) is 35.3 Å². The first-order chi connectivity index (χ1) is 19.4. The van der Waals surface area contributed by atoms with Gasteiger partial charge in [-0.1, -0.05) is 23.7 Å². The van der Waals surface area contributed by atoms with E-state index in [0.29, 0.717) is 52.6 Å². The van der Waals surface area contributed by atoms with Gasteiger partial charge in [0.25, 0.3) is 5.91 Å². The maximum atomic E-state index is 13.4. The highest BCUT2D eigenvalue weighted by atomic mass is 35.5. The molecule has 2 aliphatic rings. The average Bonchev–Trinajstić information content (AvgIpc) is 3.32. The van der Waals surface area contributed by atoms with Crippen molar-refractivity contribution in [2.75, 3.05) is 37.5 Å². The van der Waals surface area contributed by atoms with Crippen LogP contribution >= 0.6 is 11.6 Å². The summed E-state index contributed by atoms with van der Waals surface area (Å²) in [4.78, 5) is 45.4. The maximum Gasteiger partial charge on any atom is 0.255 e. The van der Waals surface area contributed by atoms with Crippen LogP contribution in [0.15, 0.2) is 36.7 Å². The van der Waals surface area contributed by atoms with E-state index < -0.39 is 18.0 Å². The normalized spacial score (nSPS) is 16.8. The topological polar surface area (TPSA) is 154 Å². The second kappa shape index (κ2) is 12.1. The van der Waals surface area contributed by atoms with Crippen molar-refractivity contribution >= 4 is 35.3 Å². The predicted octanol–water partition coefficient (Wildman–Crippen LogP) is 2.41. The molecule has 1 fully saturated rings. The molecule has 40 heavy (non-hydrogen) atoms. The van der Waals surface area contributed by atoms with Gasteiger partial charge in [0.2, 0.25) is 17.8 Å². The molecular formula is C27H31ClN8O4. The number of hydrogen-bond acceptors (Lipinski definition) is 10. The molecule has 1 aromatic carbocycles. The van der Waals surface area contributed by atoms with E-state index >= 15 is 0 Å². The standard InChI is InChI=1S/C27H31ClN8O4/c1-15(24(38)33-22(14-37)21-5-8-30-26(29-2)34-21)36-13-17-4-3-16(11-19(17)25(36)39)23-20(28)12-31-27(35-23)32-18-6-9-40-10-7-18/h3-5,8,11-12,15,18,22,37H,6-7,9-10,13-14H2,1-2H3,(H,33,38)(H,29,30,34)(H,31,32,35)/t15-,22-/m1/s1. The van der Waals surface area contributed by atoms with Crippen LogP contribution in [0.3, 0.4) is 0 Å². The van der Waals surface area contributed by atoms with Gasteiger partial charge in [-0.3, -0.25) is 9.59 Å². The van der Waals surface area contributed by atoms with Crippen molar-refractivity contribution in [2.45, 2.75) is 44.4 Å². The molecular weight excluding hydrogens is 536 g/mol. The molecule has 2 atom stereocenters. The number of aliphatic hydroxyl groups excluding tert-OH is 1. The minimum absolute atomic E-state index is 0.218. The van der Waals surface area contributed by atoms with E-state index in [1.807, 2.05) is 12.1 Å². The molecule has 0 saturated carbocycles. The summed E-state index contributed by atoms with van der Waals surface area (Å²) in [7, 11) is 1.68. The molecule has 0 aliphatic carbocycles. The second-order valence-corrected chi connectivity index (χ2v) is 10.1. The van der Waals surface area contributed by atoms with E-state index in [-0.39, 0.29) is 25.1 Å². The van der Waals surface area contributed by atoms with Crippen molar-refractivity contribution in [1.82, 2.24) is 30.2 Å². The van der Waals surface area contributed by atoms with Crippen LogP contribution < -0.4 is 16.0 Å². The average molecular weight is 567 g/mol. The molecule has 0 spiro atoms. The Balaban J connectivity index is 1.30. The molecule has 4 heterocycles. The molecule has 13 heteroatoms. The predicted molar refractivity (Wildman–Crippen MR) is 149 cm³/mol.